The molecule has 4 rings (SSSR count). The molecular weight excluding hydrogens is 354 g/mol. The van der Waals surface area contributed by atoms with Gasteiger partial charge in [-0.05, 0) is 54.6 Å². The summed E-state index contributed by atoms with van der Waals surface area (Å²) in [6.45, 7) is 0. The van der Waals surface area contributed by atoms with Crippen molar-refractivity contribution in [3.8, 4) is 35.1 Å². The smallest absolute Gasteiger partial charge is 0.347 e. The fourth-order valence-electron chi connectivity index (χ4n) is 2.72. The second kappa shape index (κ2) is 7.06. The largest absolute Gasteiger partial charge is 0.457 e. The molecule has 0 radical (unpaired) electrons. The molecular formula is C22H11N3O3. The van der Waals surface area contributed by atoms with E-state index in [9.17, 15) is 4.79 Å². The monoisotopic (exact) mass is 365 g/mol. The van der Waals surface area contributed by atoms with Crippen molar-refractivity contribution in [1.29, 1.82) is 10.5 Å². The molecule has 0 atom stereocenters. The summed E-state index contributed by atoms with van der Waals surface area (Å²) >= 11 is 0. The Morgan fingerprint density at radius 3 is 2.32 bits per heavy atom. The van der Waals surface area contributed by atoms with Gasteiger partial charge in [-0.25, -0.2) is 9.78 Å². The normalized spacial score (nSPS) is 10.2. The average molecular weight is 365 g/mol. The van der Waals surface area contributed by atoms with Gasteiger partial charge in [0, 0.05) is 5.56 Å². The first kappa shape index (κ1) is 17.0. The fourth-order valence-corrected chi connectivity index (χ4v) is 2.72. The highest BCUT2D eigenvalue weighted by molar-refractivity contribution is 5.78. The minimum Gasteiger partial charge on any atom is -0.457 e. The molecule has 0 fully saturated rings. The van der Waals surface area contributed by atoms with Gasteiger partial charge in [-0.2, -0.15) is 10.5 Å². The lowest BCUT2D eigenvalue weighted by Crippen LogP contribution is -2.02. The number of hydrogen-bond donors (Lipinski definition) is 0. The molecule has 3 aromatic carbocycles. The van der Waals surface area contributed by atoms with E-state index in [0.29, 0.717) is 33.5 Å². The number of fused-ring (bicyclic) bond motifs is 1. The highest BCUT2D eigenvalue weighted by Crippen LogP contribution is 2.26. The van der Waals surface area contributed by atoms with Crippen LogP contribution in [0, 0.1) is 22.7 Å². The van der Waals surface area contributed by atoms with Gasteiger partial charge in [0.15, 0.2) is 0 Å². The Labute approximate surface area is 159 Å². The summed E-state index contributed by atoms with van der Waals surface area (Å²) in [5, 5.41) is 18.5. The number of nitriles is 2. The predicted molar refractivity (Wildman–Crippen MR) is 102 cm³/mol. The van der Waals surface area contributed by atoms with Crippen LogP contribution in [0.25, 0.3) is 22.4 Å². The maximum Gasteiger partial charge on any atom is 0.347 e. The summed E-state index contributed by atoms with van der Waals surface area (Å²) in [5.41, 5.74) is 1.30. The van der Waals surface area contributed by atoms with Crippen LogP contribution in [-0.2, 0) is 0 Å². The summed E-state index contributed by atoms with van der Waals surface area (Å²) in [4.78, 5) is 16.5. The Kier molecular flexibility index (Phi) is 4.29. The lowest BCUT2D eigenvalue weighted by Gasteiger charge is -2.07. The van der Waals surface area contributed by atoms with Crippen LogP contribution in [-0.4, -0.2) is 4.98 Å². The van der Waals surface area contributed by atoms with Crippen LogP contribution in [0.4, 0.5) is 0 Å². The molecule has 0 unspecified atom stereocenters. The lowest BCUT2D eigenvalue weighted by molar-refractivity contribution is 0.482. The maximum absolute atomic E-state index is 12.1. The Hall–Kier alpha value is -4.42. The van der Waals surface area contributed by atoms with Crippen LogP contribution < -0.4 is 10.4 Å². The van der Waals surface area contributed by atoms with E-state index in [0.717, 1.165) is 0 Å². The zero-order valence-electron chi connectivity index (χ0n) is 14.4. The van der Waals surface area contributed by atoms with Crippen molar-refractivity contribution in [3.05, 3.63) is 88.3 Å². The van der Waals surface area contributed by atoms with E-state index in [-0.39, 0.29) is 11.5 Å². The van der Waals surface area contributed by atoms with E-state index in [2.05, 4.69) is 4.98 Å². The van der Waals surface area contributed by atoms with Gasteiger partial charge in [0.25, 0.3) is 0 Å². The summed E-state index contributed by atoms with van der Waals surface area (Å²) in [6.07, 6.45) is 0. The van der Waals surface area contributed by atoms with Crippen LogP contribution in [0.1, 0.15) is 11.1 Å². The Morgan fingerprint density at radius 2 is 1.57 bits per heavy atom. The SMILES string of the molecule is N#Cc1ccc(Oc2ccc(-c3nc4ccccc4c(=O)o3)cc2)cc1C#N. The molecule has 132 valence electrons. The molecule has 0 saturated carbocycles. The molecule has 6 heteroatoms. The summed E-state index contributed by atoms with van der Waals surface area (Å²) in [5.74, 6) is 1.19. The van der Waals surface area contributed by atoms with Crippen molar-refractivity contribution in [3.63, 3.8) is 0 Å². The highest BCUT2D eigenvalue weighted by atomic mass is 16.5. The molecule has 0 N–H and O–H groups in total. The third-order valence-electron chi connectivity index (χ3n) is 4.10. The second-order valence-electron chi connectivity index (χ2n) is 5.88. The zero-order valence-corrected chi connectivity index (χ0v) is 14.4. The van der Waals surface area contributed by atoms with Crippen molar-refractivity contribution in [2.45, 2.75) is 0 Å². The number of ether oxygens (including phenoxy) is 1. The van der Waals surface area contributed by atoms with E-state index in [1.54, 1.807) is 48.5 Å². The molecule has 0 spiro atoms. The van der Waals surface area contributed by atoms with Crippen molar-refractivity contribution in [1.82, 2.24) is 4.98 Å². The number of aromatic nitrogens is 1. The van der Waals surface area contributed by atoms with E-state index < -0.39 is 5.63 Å². The predicted octanol–water partition coefficient (Wildman–Crippen LogP) is 4.39. The van der Waals surface area contributed by atoms with Gasteiger partial charge in [0.1, 0.15) is 23.6 Å². The number of hydrogen-bond acceptors (Lipinski definition) is 6. The van der Waals surface area contributed by atoms with Crippen LogP contribution in [0.5, 0.6) is 11.5 Å². The molecule has 1 heterocycles. The molecule has 0 bridgehead atoms. The lowest BCUT2D eigenvalue weighted by atomic mass is 10.1. The molecule has 4 aromatic rings. The standard InChI is InChI=1S/C22H11N3O3/c23-12-15-7-10-18(11-16(15)13-24)27-17-8-5-14(6-9-17)21-25-20-4-2-1-3-19(20)22(26)28-21/h1-11H. The van der Waals surface area contributed by atoms with Gasteiger partial charge >= 0.3 is 5.63 Å². The minimum absolute atomic E-state index is 0.223. The van der Waals surface area contributed by atoms with Crippen molar-refractivity contribution in [2.75, 3.05) is 0 Å². The third kappa shape index (κ3) is 3.18. The third-order valence-corrected chi connectivity index (χ3v) is 4.10. The molecule has 28 heavy (non-hydrogen) atoms. The first-order valence-corrected chi connectivity index (χ1v) is 8.30. The van der Waals surface area contributed by atoms with E-state index in [1.165, 1.54) is 12.1 Å². The quantitative estimate of drug-likeness (QED) is 0.534. The van der Waals surface area contributed by atoms with Crippen molar-refractivity contribution in [2.24, 2.45) is 0 Å². The molecule has 0 aliphatic rings. The topological polar surface area (TPSA) is 99.9 Å². The summed E-state index contributed by atoms with van der Waals surface area (Å²) in [7, 11) is 0. The van der Waals surface area contributed by atoms with E-state index in [1.807, 2.05) is 18.2 Å². The van der Waals surface area contributed by atoms with Crippen LogP contribution in [0.15, 0.2) is 75.9 Å². The van der Waals surface area contributed by atoms with Crippen LogP contribution >= 0.6 is 0 Å². The Morgan fingerprint density at radius 1 is 0.857 bits per heavy atom. The van der Waals surface area contributed by atoms with E-state index >= 15 is 0 Å². The number of rotatable bonds is 3. The van der Waals surface area contributed by atoms with Crippen molar-refractivity contribution < 1.29 is 9.15 Å². The van der Waals surface area contributed by atoms with Gasteiger partial charge in [0.2, 0.25) is 5.89 Å². The zero-order chi connectivity index (χ0) is 19.5. The average Bonchev–Trinajstić information content (AvgIpc) is 2.74. The highest BCUT2D eigenvalue weighted by Gasteiger charge is 2.09. The van der Waals surface area contributed by atoms with Crippen LogP contribution in [0.2, 0.25) is 0 Å². The van der Waals surface area contributed by atoms with Crippen LogP contribution in [0.3, 0.4) is 0 Å². The molecule has 0 aliphatic carbocycles. The van der Waals surface area contributed by atoms with Gasteiger partial charge in [0.05, 0.1) is 22.0 Å². The molecule has 0 amide bonds. The first-order chi connectivity index (χ1) is 13.7. The fraction of sp³-hybridized carbons (Fsp3) is 0. The number of benzene rings is 3. The Bertz CT molecular complexity index is 1330. The first-order valence-electron chi connectivity index (χ1n) is 8.30. The summed E-state index contributed by atoms with van der Waals surface area (Å²) in [6, 6.07) is 22.5. The van der Waals surface area contributed by atoms with E-state index in [4.69, 9.17) is 19.7 Å². The Balaban J connectivity index is 1.62. The van der Waals surface area contributed by atoms with Crippen molar-refractivity contribution >= 4 is 10.9 Å². The van der Waals surface area contributed by atoms with Gasteiger partial charge in [-0.15, -0.1) is 0 Å². The van der Waals surface area contributed by atoms with Gasteiger partial charge < -0.3 is 9.15 Å². The summed E-state index contributed by atoms with van der Waals surface area (Å²) < 4.78 is 11.0. The van der Waals surface area contributed by atoms with Gasteiger partial charge in [-0.3, -0.25) is 0 Å². The molecule has 1 aromatic heterocycles. The molecule has 6 nitrogen and oxygen atoms in total. The number of nitrogens with zero attached hydrogens (tertiary/aromatic N) is 3. The minimum atomic E-state index is -0.442. The molecule has 0 saturated heterocycles. The maximum atomic E-state index is 12.1. The second-order valence-corrected chi connectivity index (χ2v) is 5.88. The molecule has 0 aliphatic heterocycles. The number of para-hydroxylation sites is 1. The van der Waals surface area contributed by atoms with Gasteiger partial charge in [-0.1, -0.05) is 12.1 Å².